The summed E-state index contributed by atoms with van der Waals surface area (Å²) in [4.78, 5) is 4.25. The Hall–Kier alpha value is -0.650. The summed E-state index contributed by atoms with van der Waals surface area (Å²) in [7, 11) is 0. The van der Waals surface area contributed by atoms with Gasteiger partial charge in [-0.25, -0.2) is 9.50 Å². The molecular formula is C8H8IN3. The molecule has 2 heterocycles. The Morgan fingerprint density at radius 3 is 2.92 bits per heavy atom. The zero-order valence-electron chi connectivity index (χ0n) is 6.87. The number of fused-ring (bicyclic) bond motifs is 1. The van der Waals surface area contributed by atoms with Crippen LogP contribution in [0.3, 0.4) is 0 Å². The quantitative estimate of drug-likeness (QED) is 0.687. The molecule has 0 aliphatic rings. The summed E-state index contributed by atoms with van der Waals surface area (Å²) >= 11 is 2.22. The van der Waals surface area contributed by atoms with Crippen molar-refractivity contribution in [2.75, 3.05) is 0 Å². The highest BCUT2D eigenvalue weighted by Gasteiger charge is 2.03. The molecule has 0 spiro atoms. The predicted octanol–water partition coefficient (Wildman–Crippen LogP) is 1.95. The number of nitrogens with zero attached hydrogens (tertiary/aromatic N) is 3. The zero-order valence-corrected chi connectivity index (χ0v) is 9.03. The Kier molecular flexibility index (Phi) is 1.79. The lowest BCUT2D eigenvalue weighted by atomic mass is 10.3. The molecule has 0 saturated carbocycles. The monoisotopic (exact) mass is 273 g/mol. The highest BCUT2D eigenvalue weighted by Crippen LogP contribution is 2.12. The number of aromatic nitrogens is 3. The Labute approximate surface area is 83.9 Å². The van der Waals surface area contributed by atoms with E-state index in [1.807, 2.05) is 30.6 Å². The van der Waals surface area contributed by atoms with Crippen molar-refractivity contribution in [1.29, 1.82) is 0 Å². The molecule has 0 N–H and O–H groups in total. The van der Waals surface area contributed by atoms with Gasteiger partial charge in [0.15, 0.2) is 5.65 Å². The van der Waals surface area contributed by atoms with Crippen molar-refractivity contribution < 1.29 is 0 Å². The molecule has 0 radical (unpaired) electrons. The second-order valence-electron chi connectivity index (χ2n) is 2.79. The van der Waals surface area contributed by atoms with Crippen molar-refractivity contribution in [3.05, 3.63) is 27.2 Å². The summed E-state index contributed by atoms with van der Waals surface area (Å²) in [6, 6.07) is 2.04. The number of halogens is 1. The van der Waals surface area contributed by atoms with Gasteiger partial charge in [-0.2, -0.15) is 5.10 Å². The van der Waals surface area contributed by atoms with Crippen molar-refractivity contribution in [2.45, 2.75) is 13.8 Å². The van der Waals surface area contributed by atoms with E-state index in [4.69, 9.17) is 0 Å². The maximum atomic E-state index is 4.34. The summed E-state index contributed by atoms with van der Waals surface area (Å²) < 4.78 is 2.92. The van der Waals surface area contributed by atoms with Crippen molar-refractivity contribution in [2.24, 2.45) is 0 Å². The van der Waals surface area contributed by atoms with Gasteiger partial charge in [0, 0.05) is 0 Å². The first-order valence-corrected chi connectivity index (χ1v) is 4.74. The molecular weight excluding hydrogens is 265 g/mol. The minimum atomic E-state index is 0.949. The summed E-state index contributed by atoms with van der Waals surface area (Å²) in [5, 5.41) is 4.34. The third-order valence-electron chi connectivity index (χ3n) is 1.73. The van der Waals surface area contributed by atoms with Gasteiger partial charge in [0.05, 0.1) is 11.9 Å². The van der Waals surface area contributed by atoms with Crippen LogP contribution in [0.4, 0.5) is 0 Å². The molecule has 0 bridgehead atoms. The van der Waals surface area contributed by atoms with E-state index in [0.717, 1.165) is 15.0 Å². The van der Waals surface area contributed by atoms with E-state index >= 15 is 0 Å². The minimum absolute atomic E-state index is 0.949. The fourth-order valence-electron chi connectivity index (χ4n) is 1.25. The molecule has 0 saturated heterocycles. The van der Waals surface area contributed by atoms with Crippen molar-refractivity contribution >= 4 is 28.2 Å². The van der Waals surface area contributed by atoms with Gasteiger partial charge in [-0.15, -0.1) is 0 Å². The average Bonchev–Trinajstić information content (AvgIpc) is 2.33. The van der Waals surface area contributed by atoms with Crippen LogP contribution in [0, 0.1) is 17.5 Å². The molecule has 0 unspecified atom stereocenters. The molecule has 0 aliphatic heterocycles. The van der Waals surface area contributed by atoms with Gasteiger partial charge in [-0.05, 0) is 48.1 Å². The second-order valence-corrected chi connectivity index (χ2v) is 3.89. The van der Waals surface area contributed by atoms with E-state index in [-0.39, 0.29) is 0 Å². The molecule has 0 atom stereocenters. The molecule has 0 fully saturated rings. The van der Waals surface area contributed by atoms with Crippen LogP contribution in [0.1, 0.15) is 11.3 Å². The molecule has 4 heteroatoms. The molecule has 3 nitrogen and oxygen atoms in total. The molecule has 0 aromatic carbocycles. The van der Waals surface area contributed by atoms with Gasteiger partial charge >= 0.3 is 0 Å². The maximum absolute atomic E-state index is 4.34. The van der Waals surface area contributed by atoms with Crippen LogP contribution < -0.4 is 0 Å². The number of aryl methyl sites for hydroxylation is 2. The van der Waals surface area contributed by atoms with Gasteiger partial charge < -0.3 is 0 Å². The summed E-state index contributed by atoms with van der Waals surface area (Å²) in [6.45, 7) is 4.04. The van der Waals surface area contributed by atoms with Crippen molar-refractivity contribution in [1.82, 2.24) is 14.6 Å². The van der Waals surface area contributed by atoms with E-state index in [1.165, 1.54) is 5.56 Å². The van der Waals surface area contributed by atoms with E-state index < -0.39 is 0 Å². The fraction of sp³-hybridized carbons (Fsp3) is 0.250. The van der Waals surface area contributed by atoms with Crippen LogP contribution in [0.25, 0.3) is 5.65 Å². The smallest absolute Gasteiger partial charge is 0.157 e. The Morgan fingerprint density at radius 1 is 1.42 bits per heavy atom. The van der Waals surface area contributed by atoms with Gasteiger partial charge in [-0.1, -0.05) is 0 Å². The maximum Gasteiger partial charge on any atom is 0.157 e. The first-order valence-electron chi connectivity index (χ1n) is 3.66. The SMILES string of the molecule is Cc1cc(C)c2ncc(I)n2n1. The van der Waals surface area contributed by atoms with E-state index in [0.29, 0.717) is 0 Å². The second kappa shape index (κ2) is 2.69. The Morgan fingerprint density at radius 2 is 2.17 bits per heavy atom. The van der Waals surface area contributed by atoms with Gasteiger partial charge in [0.1, 0.15) is 3.70 Å². The van der Waals surface area contributed by atoms with E-state index in [1.54, 1.807) is 0 Å². The predicted molar refractivity (Wildman–Crippen MR) is 55.2 cm³/mol. The van der Waals surface area contributed by atoms with Crippen LogP contribution in [0.2, 0.25) is 0 Å². The average molecular weight is 273 g/mol. The van der Waals surface area contributed by atoms with Crippen LogP contribution in [-0.4, -0.2) is 14.6 Å². The van der Waals surface area contributed by atoms with E-state index in [2.05, 4.69) is 32.7 Å². The van der Waals surface area contributed by atoms with Gasteiger partial charge in [-0.3, -0.25) is 0 Å². The lowest BCUT2D eigenvalue weighted by Crippen LogP contribution is -1.97. The highest BCUT2D eigenvalue weighted by atomic mass is 127. The van der Waals surface area contributed by atoms with Gasteiger partial charge in [0.2, 0.25) is 0 Å². The molecule has 0 aliphatic carbocycles. The summed E-state index contributed by atoms with van der Waals surface area (Å²) in [5.74, 6) is 0. The van der Waals surface area contributed by atoms with Crippen LogP contribution in [0.15, 0.2) is 12.3 Å². The van der Waals surface area contributed by atoms with Gasteiger partial charge in [0.25, 0.3) is 0 Å². The van der Waals surface area contributed by atoms with Crippen molar-refractivity contribution in [3.63, 3.8) is 0 Å². The van der Waals surface area contributed by atoms with Crippen molar-refractivity contribution in [3.8, 4) is 0 Å². The summed E-state index contributed by atoms with van der Waals surface area (Å²) in [6.07, 6.45) is 1.83. The third-order valence-corrected chi connectivity index (χ3v) is 2.47. The topological polar surface area (TPSA) is 30.2 Å². The third kappa shape index (κ3) is 1.10. The summed E-state index contributed by atoms with van der Waals surface area (Å²) in [5.41, 5.74) is 3.14. The fourth-order valence-corrected chi connectivity index (χ4v) is 1.73. The Bertz CT molecular complexity index is 433. The molecule has 2 rings (SSSR count). The number of imidazole rings is 1. The number of rotatable bonds is 0. The Balaban J connectivity index is 2.92. The highest BCUT2D eigenvalue weighted by molar-refractivity contribution is 14.1. The standard InChI is InChI=1S/C8H8IN3/c1-5-3-6(2)11-12-7(9)4-10-8(5)12/h3-4H,1-2H3. The normalized spacial score (nSPS) is 10.9. The molecule has 2 aromatic heterocycles. The minimum Gasteiger partial charge on any atom is -0.234 e. The lowest BCUT2D eigenvalue weighted by Gasteiger charge is -1.99. The lowest BCUT2D eigenvalue weighted by molar-refractivity contribution is 0.875. The zero-order chi connectivity index (χ0) is 8.72. The first kappa shape index (κ1) is 7.97. The first-order chi connectivity index (χ1) is 5.68. The van der Waals surface area contributed by atoms with Crippen LogP contribution in [-0.2, 0) is 0 Å². The largest absolute Gasteiger partial charge is 0.234 e. The molecule has 12 heavy (non-hydrogen) atoms. The number of hydrogen-bond acceptors (Lipinski definition) is 2. The number of hydrogen-bond donors (Lipinski definition) is 0. The van der Waals surface area contributed by atoms with Crippen LogP contribution in [0.5, 0.6) is 0 Å². The van der Waals surface area contributed by atoms with Crippen LogP contribution >= 0.6 is 22.6 Å². The van der Waals surface area contributed by atoms with E-state index in [9.17, 15) is 0 Å². The molecule has 0 amide bonds. The molecule has 2 aromatic rings. The molecule has 62 valence electrons.